The van der Waals surface area contributed by atoms with Gasteiger partial charge in [0.25, 0.3) is 5.91 Å². The molecular weight excluding hydrogens is 422 g/mol. The number of rotatable bonds is 8. The Morgan fingerprint density at radius 3 is 2.44 bits per heavy atom. The Bertz CT molecular complexity index is 1090. The first-order valence-electron chi connectivity index (χ1n) is 10.8. The third-order valence-electron chi connectivity index (χ3n) is 5.50. The summed E-state index contributed by atoms with van der Waals surface area (Å²) in [4.78, 5) is 12.9. The fraction of sp³-hybridized carbons (Fsp3) is 0.296. The van der Waals surface area contributed by atoms with Gasteiger partial charge in [0.1, 0.15) is 18.1 Å². The molecule has 32 heavy (non-hydrogen) atoms. The number of nitrogens with one attached hydrogen (secondary N) is 1. The maximum absolute atomic E-state index is 12.9. The Hall–Kier alpha value is -2.98. The van der Waals surface area contributed by atoms with Crippen LogP contribution in [-0.4, -0.2) is 13.0 Å². The summed E-state index contributed by atoms with van der Waals surface area (Å²) >= 11 is 6.20. The molecule has 3 rings (SSSR count). The average Bonchev–Trinajstić information content (AvgIpc) is 2.78. The summed E-state index contributed by atoms with van der Waals surface area (Å²) in [6.45, 7) is 8.63. The quantitative estimate of drug-likeness (QED) is 0.407. The molecule has 0 spiro atoms. The smallest absolute Gasteiger partial charge is 0.251 e. The van der Waals surface area contributed by atoms with Gasteiger partial charge in [0.15, 0.2) is 0 Å². The van der Waals surface area contributed by atoms with Crippen LogP contribution in [0.4, 0.5) is 0 Å². The lowest BCUT2D eigenvalue weighted by molar-refractivity contribution is 0.0939. The number of amides is 1. The van der Waals surface area contributed by atoms with E-state index in [-0.39, 0.29) is 11.9 Å². The summed E-state index contributed by atoms with van der Waals surface area (Å²) in [5, 5.41) is 3.77. The minimum absolute atomic E-state index is 0.151. The fourth-order valence-corrected chi connectivity index (χ4v) is 3.86. The van der Waals surface area contributed by atoms with E-state index in [1.165, 1.54) is 0 Å². The molecule has 1 atom stereocenters. The van der Waals surface area contributed by atoms with E-state index in [0.29, 0.717) is 28.9 Å². The van der Waals surface area contributed by atoms with E-state index in [4.69, 9.17) is 21.1 Å². The number of benzene rings is 3. The van der Waals surface area contributed by atoms with Gasteiger partial charge in [0, 0.05) is 16.1 Å². The van der Waals surface area contributed by atoms with E-state index in [2.05, 4.69) is 25.2 Å². The highest BCUT2D eigenvalue weighted by molar-refractivity contribution is 6.31. The van der Waals surface area contributed by atoms with E-state index in [1.54, 1.807) is 19.2 Å². The van der Waals surface area contributed by atoms with Crippen LogP contribution >= 0.6 is 11.6 Å². The zero-order valence-corrected chi connectivity index (χ0v) is 20.0. The number of carbonyl (C=O) groups is 1. The van der Waals surface area contributed by atoms with Crippen LogP contribution in [0, 0.1) is 6.92 Å². The van der Waals surface area contributed by atoms with Gasteiger partial charge in [-0.25, -0.2) is 0 Å². The Morgan fingerprint density at radius 1 is 1.00 bits per heavy atom. The van der Waals surface area contributed by atoms with Crippen molar-refractivity contribution in [1.29, 1.82) is 0 Å². The van der Waals surface area contributed by atoms with Gasteiger partial charge in [0.05, 0.1) is 13.2 Å². The first-order chi connectivity index (χ1) is 15.3. The molecule has 0 radical (unpaired) electrons. The van der Waals surface area contributed by atoms with E-state index in [1.807, 2.05) is 56.3 Å². The lowest BCUT2D eigenvalue weighted by Gasteiger charge is -2.21. The highest BCUT2D eigenvalue weighted by atomic mass is 35.5. The zero-order valence-electron chi connectivity index (χ0n) is 19.2. The molecule has 0 fully saturated rings. The second kappa shape index (κ2) is 10.6. The second-order valence-electron chi connectivity index (χ2n) is 8.21. The molecule has 1 amide bonds. The SMILES string of the molecule is COc1cc(C)c(C(C)NC(=O)c2cccc(OCc3ccccc3Cl)c2)cc1C(C)C. The largest absolute Gasteiger partial charge is 0.496 e. The molecule has 0 aliphatic rings. The van der Waals surface area contributed by atoms with Crippen molar-refractivity contribution in [3.8, 4) is 11.5 Å². The summed E-state index contributed by atoms with van der Waals surface area (Å²) in [7, 11) is 1.69. The first-order valence-corrected chi connectivity index (χ1v) is 11.1. The number of hydrogen-bond donors (Lipinski definition) is 1. The molecule has 0 saturated carbocycles. The van der Waals surface area contributed by atoms with Crippen molar-refractivity contribution in [2.24, 2.45) is 0 Å². The lowest BCUT2D eigenvalue weighted by Crippen LogP contribution is -2.27. The predicted molar refractivity (Wildman–Crippen MR) is 130 cm³/mol. The van der Waals surface area contributed by atoms with Gasteiger partial charge in [-0.3, -0.25) is 4.79 Å². The van der Waals surface area contributed by atoms with Gasteiger partial charge < -0.3 is 14.8 Å². The summed E-state index contributed by atoms with van der Waals surface area (Å²) in [5.41, 5.74) is 4.73. The minimum Gasteiger partial charge on any atom is -0.496 e. The van der Waals surface area contributed by atoms with Crippen LogP contribution in [0.3, 0.4) is 0 Å². The molecule has 1 unspecified atom stereocenters. The normalized spacial score (nSPS) is 11.8. The molecule has 3 aromatic rings. The number of hydrogen-bond acceptors (Lipinski definition) is 3. The van der Waals surface area contributed by atoms with Crippen LogP contribution in [0.1, 0.15) is 65.3 Å². The van der Waals surface area contributed by atoms with Gasteiger partial charge in [-0.2, -0.15) is 0 Å². The standard InChI is InChI=1S/C27H30ClNO3/c1-17(2)23-15-24(18(3)13-26(23)31-5)19(4)29-27(30)20-10-8-11-22(14-20)32-16-21-9-6-7-12-25(21)28/h6-15,17,19H,16H2,1-5H3,(H,29,30). The predicted octanol–water partition coefficient (Wildman–Crippen LogP) is 6.85. The Kier molecular flexibility index (Phi) is 7.81. The molecular formula is C27H30ClNO3. The second-order valence-corrected chi connectivity index (χ2v) is 8.62. The number of carbonyl (C=O) groups excluding carboxylic acids is 1. The van der Waals surface area contributed by atoms with Crippen molar-refractivity contribution in [2.45, 2.75) is 46.3 Å². The zero-order chi connectivity index (χ0) is 23.3. The van der Waals surface area contributed by atoms with Gasteiger partial charge >= 0.3 is 0 Å². The van der Waals surface area contributed by atoms with Crippen LogP contribution in [0.2, 0.25) is 5.02 Å². The van der Waals surface area contributed by atoms with Crippen molar-refractivity contribution in [3.05, 3.63) is 93.5 Å². The van der Waals surface area contributed by atoms with Gasteiger partial charge in [0.2, 0.25) is 0 Å². The summed E-state index contributed by atoms with van der Waals surface area (Å²) in [6.07, 6.45) is 0. The van der Waals surface area contributed by atoms with Crippen molar-refractivity contribution in [3.63, 3.8) is 0 Å². The first kappa shape index (κ1) is 23.7. The van der Waals surface area contributed by atoms with E-state index < -0.39 is 0 Å². The average molecular weight is 452 g/mol. The third-order valence-corrected chi connectivity index (χ3v) is 5.87. The van der Waals surface area contributed by atoms with Crippen LogP contribution in [0.25, 0.3) is 0 Å². The summed E-state index contributed by atoms with van der Waals surface area (Å²) < 4.78 is 11.4. The van der Waals surface area contributed by atoms with E-state index in [0.717, 1.165) is 28.0 Å². The van der Waals surface area contributed by atoms with Crippen molar-refractivity contribution in [1.82, 2.24) is 5.32 Å². The summed E-state index contributed by atoms with van der Waals surface area (Å²) in [6, 6.07) is 18.7. The molecule has 0 aliphatic carbocycles. The Labute approximate surface area is 195 Å². The van der Waals surface area contributed by atoms with Gasteiger partial charge in [-0.15, -0.1) is 0 Å². The third kappa shape index (κ3) is 5.63. The van der Waals surface area contributed by atoms with Crippen LogP contribution in [0.5, 0.6) is 11.5 Å². The molecule has 0 heterocycles. The van der Waals surface area contributed by atoms with Crippen molar-refractivity contribution < 1.29 is 14.3 Å². The molecule has 168 valence electrons. The molecule has 4 nitrogen and oxygen atoms in total. The Balaban J connectivity index is 1.73. The van der Waals surface area contributed by atoms with Crippen molar-refractivity contribution >= 4 is 17.5 Å². The van der Waals surface area contributed by atoms with E-state index >= 15 is 0 Å². The van der Waals surface area contributed by atoms with E-state index in [9.17, 15) is 4.79 Å². The van der Waals surface area contributed by atoms with Crippen LogP contribution < -0.4 is 14.8 Å². The fourth-order valence-electron chi connectivity index (χ4n) is 3.67. The minimum atomic E-state index is -0.154. The molecule has 3 aromatic carbocycles. The maximum atomic E-state index is 12.9. The lowest BCUT2D eigenvalue weighted by atomic mass is 9.93. The summed E-state index contributed by atoms with van der Waals surface area (Å²) in [5.74, 6) is 1.66. The highest BCUT2D eigenvalue weighted by Gasteiger charge is 2.18. The number of aryl methyl sites for hydroxylation is 1. The highest BCUT2D eigenvalue weighted by Crippen LogP contribution is 2.32. The van der Waals surface area contributed by atoms with Gasteiger partial charge in [-0.1, -0.05) is 49.7 Å². The number of halogens is 1. The molecule has 0 aliphatic heterocycles. The number of methoxy groups -OCH3 is 1. The molecule has 0 bridgehead atoms. The number of ether oxygens (including phenoxy) is 2. The van der Waals surface area contributed by atoms with Gasteiger partial charge in [-0.05, 0) is 72.9 Å². The molecule has 1 N–H and O–H groups in total. The maximum Gasteiger partial charge on any atom is 0.251 e. The Morgan fingerprint density at radius 2 is 1.75 bits per heavy atom. The monoisotopic (exact) mass is 451 g/mol. The van der Waals surface area contributed by atoms with Crippen LogP contribution in [-0.2, 0) is 6.61 Å². The topological polar surface area (TPSA) is 47.6 Å². The molecule has 0 aromatic heterocycles. The molecule has 5 heteroatoms. The van der Waals surface area contributed by atoms with Crippen LogP contribution in [0.15, 0.2) is 60.7 Å². The van der Waals surface area contributed by atoms with Crippen molar-refractivity contribution in [2.75, 3.05) is 7.11 Å². The molecule has 0 saturated heterocycles.